The van der Waals surface area contributed by atoms with Gasteiger partial charge in [0, 0.05) is 11.3 Å². The SMILES string of the molecule is COc1ccc(/C=N/NC(=O)C(=O)Nc2cc(C)ccc2C)c(OC)c1OC. The number of benzene rings is 2. The van der Waals surface area contributed by atoms with Gasteiger partial charge in [-0.25, -0.2) is 5.43 Å². The summed E-state index contributed by atoms with van der Waals surface area (Å²) >= 11 is 0. The number of hydrogen-bond acceptors (Lipinski definition) is 6. The van der Waals surface area contributed by atoms with Crippen molar-refractivity contribution in [2.24, 2.45) is 5.10 Å². The number of nitrogens with zero attached hydrogens (tertiary/aromatic N) is 1. The average Bonchev–Trinajstić information content (AvgIpc) is 2.69. The van der Waals surface area contributed by atoms with Crippen LogP contribution in [0.5, 0.6) is 17.2 Å². The largest absolute Gasteiger partial charge is 0.493 e. The number of nitrogens with one attached hydrogen (secondary N) is 2. The third-order valence-electron chi connectivity index (χ3n) is 3.95. The van der Waals surface area contributed by atoms with Crippen molar-refractivity contribution in [1.29, 1.82) is 0 Å². The number of rotatable bonds is 6. The summed E-state index contributed by atoms with van der Waals surface area (Å²) in [6.07, 6.45) is 1.35. The van der Waals surface area contributed by atoms with Crippen LogP contribution in [0.3, 0.4) is 0 Å². The molecule has 8 nitrogen and oxygen atoms in total. The second-order valence-electron chi connectivity index (χ2n) is 5.90. The number of ether oxygens (including phenoxy) is 3. The van der Waals surface area contributed by atoms with Gasteiger partial charge in [0.15, 0.2) is 11.5 Å². The van der Waals surface area contributed by atoms with Crippen LogP contribution < -0.4 is 25.0 Å². The van der Waals surface area contributed by atoms with Gasteiger partial charge in [-0.05, 0) is 43.2 Å². The Morgan fingerprint density at radius 2 is 1.64 bits per heavy atom. The number of carbonyl (C=O) groups is 2. The van der Waals surface area contributed by atoms with Crippen LogP contribution in [0.25, 0.3) is 0 Å². The minimum Gasteiger partial charge on any atom is -0.493 e. The van der Waals surface area contributed by atoms with E-state index in [1.54, 1.807) is 18.2 Å². The molecule has 2 aromatic carbocycles. The summed E-state index contributed by atoms with van der Waals surface area (Å²) in [6.45, 7) is 3.74. The maximum absolute atomic E-state index is 12.1. The van der Waals surface area contributed by atoms with Gasteiger partial charge in [0.1, 0.15) is 0 Å². The summed E-state index contributed by atoms with van der Waals surface area (Å²) in [4.78, 5) is 24.1. The molecule has 0 aliphatic carbocycles. The van der Waals surface area contributed by atoms with Gasteiger partial charge in [-0.2, -0.15) is 5.10 Å². The molecule has 0 heterocycles. The Hall–Kier alpha value is -3.55. The Balaban J connectivity index is 2.09. The predicted molar refractivity (Wildman–Crippen MR) is 106 cm³/mol. The zero-order chi connectivity index (χ0) is 20.7. The quantitative estimate of drug-likeness (QED) is 0.452. The zero-order valence-corrected chi connectivity index (χ0v) is 16.5. The molecule has 2 N–H and O–H groups in total. The average molecular weight is 385 g/mol. The summed E-state index contributed by atoms with van der Waals surface area (Å²) in [7, 11) is 4.48. The van der Waals surface area contributed by atoms with Crippen molar-refractivity contribution in [2.45, 2.75) is 13.8 Å². The van der Waals surface area contributed by atoms with E-state index in [0.29, 0.717) is 28.5 Å². The van der Waals surface area contributed by atoms with Crippen molar-refractivity contribution < 1.29 is 23.8 Å². The van der Waals surface area contributed by atoms with Crippen LogP contribution in [-0.4, -0.2) is 39.4 Å². The number of amides is 2. The van der Waals surface area contributed by atoms with Crippen LogP contribution in [0, 0.1) is 13.8 Å². The van der Waals surface area contributed by atoms with E-state index >= 15 is 0 Å². The smallest absolute Gasteiger partial charge is 0.329 e. The first-order valence-corrected chi connectivity index (χ1v) is 8.41. The molecule has 0 saturated heterocycles. The molecule has 28 heavy (non-hydrogen) atoms. The first-order valence-electron chi connectivity index (χ1n) is 8.41. The van der Waals surface area contributed by atoms with E-state index in [1.165, 1.54) is 27.5 Å². The molecule has 2 aromatic rings. The molecule has 2 amide bonds. The molecule has 0 saturated carbocycles. The van der Waals surface area contributed by atoms with Gasteiger partial charge in [0.25, 0.3) is 0 Å². The minimum absolute atomic E-state index is 0.389. The summed E-state index contributed by atoms with van der Waals surface area (Å²) in [5.41, 5.74) is 5.13. The maximum atomic E-state index is 12.1. The normalized spacial score (nSPS) is 10.5. The molecule has 0 aliphatic heterocycles. The van der Waals surface area contributed by atoms with E-state index in [2.05, 4.69) is 15.8 Å². The molecule has 2 rings (SSSR count). The topological polar surface area (TPSA) is 98.2 Å². The molecule has 0 aliphatic rings. The Labute approximate surface area is 163 Å². The van der Waals surface area contributed by atoms with Crippen LogP contribution in [0.2, 0.25) is 0 Å². The summed E-state index contributed by atoms with van der Waals surface area (Å²) in [5.74, 6) is -0.428. The highest BCUT2D eigenvalue weighted by Crippen LogP contribution is 2.38. The Kier molecular flexibility index (Phi) is 6.97. The second-order valence-corrected chi connectivity index (χ2v) is 5.90. The first-order chi connectivity index (χ1) is 13.4. The fourth-order valence-electron chi connectivity index (χ4n) is 2.49. The number of hydrazone groups is 1. The van der Waals surface area contributed by atoms with Gasteiger partial charge in [-0.15, -0.1) is 0 Å². The van der Waals surface area contributed by atoms with Gasteiger partial charge >= 0.3 is 11.8 Å². The van der Waals surface area contributed by atoms with Crippen molar-refractivity contribution in [3.05, 3.63) is 47.0 Å². The lowest BCUT2D eigenvalue weighted by atomic mass is 10.1. The van der Waals surface area contributed by atoms with Gasteiger partial charge in [-0.1, -0.05) is 12.1 Å². The Morgan fingerprint density at radius 3 is 2.29 bits per heavy atom. The van der Waals surface area contributed by atoms with E-state index in [-0.39, 0.29) is 0 Å². The molecule has 0 unspecified atom stereocenters. The van der Waals surface area contributed by atoms with Crippen molar-refractivity contribution in [1.82, 2.24) is 5.43 Å². The Bertz CT molecular complexity index is 909. The van der Waals surface area contributed by atoms with Crippen LogP contribution in [0.4, 0.5) is 5.69 Å². The lowest BCUT2D eigenvalue weighted by Gasteiger charge is -2.13. The van der Waals surface area contributed by atoms with Crippen LogP contribution in [0.1, 0.15) is 16.7 Å². The van der Waals surface area contributed by atoms with Gasteiger partial charge < -0.3 is 19.5 Å². The molecule has 8 heteroatoms. The number of methoxy groups -OCH3 is 3. The molecular formula is C20H23N3O5. The van der Waals surface area contributed by atoms with Gasteiger partial charge in [-0.3, -0.25) is 9.59 Å². The highest BCUT2D eigenvalue weighted by Gasteiger charge is 2.16. The van der Waals surface area contributed by atoms with Crippen LogP contribution >= 0.6 is 0 Å². The first kappa shape index (κ1) is 20.8. The molecule has 0 atom stereocenters. The number of aryl methyl sites for hydroxylation is 2. The fraction of sp³-hybridized carbons (Fsp3) is 0.250. The standard InChI is InChI=1S/C20H23N3O5/c1-12-6-7-13(2)15(10-12)22-19(24)20(25)23-21-11-14-8-9-16(26-3)18(28-5)17(14)27-4/h6-11H,1-5H3,(H,22,24)(H,23,25)/b21-11+. The van der Waals surface area contributed by atoms with Crippen molar-refractivity contribution in [3.8, 4) is 17.2 Å². The van der Waals surface area contributed by atoms with E-state index in [9.17, 15) is 9.59 Å². The molecule has 0 radical (unpaired) electrons. The van der Waals surface area contributed by atoms with Crippen molar-refractivity contribution in [2.75, 3.05) is 26.6 Å². The number of carbonyl (C=O) groups excluding carboxylic acids is 2. The third kappa shape index (κ3) is 4.79. The summed E-state index contributed by atoms with van der Waals surface area (Å²) < 4.78 is 15.8. The lowest BCUT2D eigenvalue weighted by molar-refractivity contribution is -0.136. The second kappa shape index (κ2) is 9.40. The molecule has 0 fully saturated rings. The monoisotopic (exact) mass is 385 g/mol. The predicted octanol–water partition coefficient (Wildman–Crippen LogP) is 2.42. The maximum Gasteiger partial charge on any atom is 0.329 e. The van der Waals surface area contributed by atoms with E-state index in [4.69, 9.17) is 14.2 Å². The summed E-state index contributed by atoms with van der Waals surface area (Å²) in [6, 6.07) is 8.94. The highest BCUT2D eigenvalue weighted by atomic mass is 16.5. The Morgan fingerprint density at radius 1 is 0.929 bits per heavy atom. The van der Waals surface area contributed by atoms with Crippen molar-refractivity contribution >= 4 is 23.7 Å². The van der Waals surface area contributed by atoms with Crippen LogP contribution in [0.15, 0.2) is 35.4 Å². The lowest BCUT2D eigenvalue weighted by Crippen LogP contribution is -2.32. The summed E-state index contributed by atoms with van der Waals surface area (Å²) in [5, 5.41) is 6.39. The van der Waals surface area contributed by atoms with E-state index < -0.39 is 11.8 Å². The molecule has 148 valence electrons. The molecular weight excluding hydrogens is 362 g/mol. The molecule has 0 bridgehead atoms. The van der Waals surface area contributed by atoms with E-state index in [1.807, 2.05) is 26.0 Å². The molecule has 0 spiro atoms. The minimum atomic E-state index is -0.892. The van der Waals surface area contributed by atoms with E-state index in [0.717, 1.165) is 11.1 Å². The van der Waals surface area contributed by atoms with Gasteiger partial charge in [0.2, 0.25) is 5.75 Å². The zero-order valence-electron chi connectivity index (χ0n) is 16.5. The highest BCUT2D eigenvalue weighted by molar-refractivity contribution is 6.39. The fourth-order valence-corrected chi connectivity index (χ4v) is 2.49. The third-order valence-corrected chi connectivity index (χ3v) is 3.95. The van der Waals surface area contributed by atoms with Crippen LogP contribution in [-0.2, 0) is 9.59 Å². The number of anilines is 1. The molecule has 0 aromatic heterocycles. The number of hydrogen-bond donors (Lipinski definition) is 2. The van der Waals surface area contributed by atoms with Gasteiger partial charge in [0.05, 0.1) is 27.5 Å². The van der Waals surface area contributed by atoms with Crippen molar-refractivity contribution in [3.63, 3.8) is 0 Å².